The summed E-state index contributed by atoms with van der Waals surface area (Å²) < 4.78 is 0. The molecule has 4 nitrogen and oxygen atoms in total. The number of benzene rings is 1. The second-order valence-electron chi connectivity index (χ2n) is 3.72. The third kappa shape index (κ3) is 3.62. The average molecular weight is 216 g/mol. The van der Waals surface area contributed by atoms with Gasteiger partial charge in [0.15, 0.2) is 5.96 Å². The maximum atomic E-state index is 8.70. The zero-order valence-electron chi connectivity index (χ0n) is 9.59. The Bertz CT molecular complexity index is 391. The molecule has 0 aromatic heterocycles. The van der Waals surface area contributed by atoms with Crippen molar-refractivity contribution in [1.82, 2.24) is 4.90 Å². The first-order valence-corrected chi connectivity index (χ1v) is 5.13. The van der Waals surface area contributed by atoms with Crippen LogP contribution in [0.1, 0.15) is 6.92 Å². The standard InChI is InChI=1S/C12H16N4/c1-10(8-13)9-16(2)12(14)15-11-6-4-3-5-7-11/h3-7,10H,9H2,1-2H3,(H2,14,15). The molecule has 0 heterocycles. The lowest BCUT2D eigenvalue weighted by molar-refractivity contribution is 0.450. The lowest BCUT2D eigenvalue weighted by Crippen LogP contribution is -2.36. The van der Waals surface area contributed by atoms with Crippen molar-refractivity contribution in [2.75, 3.05) is 13.6 Å². The first kappa shape index (κ1) is 12.1. The molecule has 16 heavy (non-hydrogen) atoms. The fraction of sp³-hybridized carbons (Fsp3) is 0.333. The van der Waals surface area contributed by atoms with Crippen LogP contribution in [0, 0.1) is 17.2 Å². The van der Waals surface area contributed by atoms with Crippen LogP contribution >= 0.6 is 0 Å². The van der Waals surface area contributed by atoms with Gasteiger partial charge in [-0.2, -0.15) is 5.26 Å². The molecule has 1 atom stereocenters. The van der Waals surface area contributed by atoms with Gasteiger partial charge in [0.2, 0.25) is 0 Å². The van der Waals surface area contributed by atoms with Crippen LogP contribution < -0.4 is 5.73 Å². The molecule has 0 aliphatic rings. The van der Waals surface area contributed by atoms with Crippen LogP contribution in [-0.2, 0) is 0 Å². The largest absolute Gasteiger partial charge is 0.369 e. The molecule has 1 unspecified atom stereocenters. The van der Waals surface area contributed by atoms with Gasteiger partial charge in [0.05, 0.1) is 17.7 Å². The topological polar surface area (TPSA) is 65.4 Å². The molecule has 1 aromatic carbocycles. The van der Waals surface area contributed by atoms with Crippen molar-refractivity contribution in [2.45, 2.75) is 6.92 Å². The third-order valence-electron chi connectivity index (χ3n) is 2.16. The zero-order valence-corrected chi connectivity index (χ0v) is 9.59. The van der Waals surface area contributed by atoms with Gasteiger partial charge >= 0.3 is 0 Å². The summed E-state index contributed by atoms with van der Waals surface area (Å²) in [6.07, 6.45) is 0. The van der Waals surface area contributed by atoms with Crippen molar-refractivity contribution >= 4 is 11.6 Å². The van der Waals surface area contributed by atoms with Crippen molar-refractivity contribution in [1.29, 1.82) is 5.26 Å². The summed E-state index contributed by atoms with van der Waals surface area (Å²) in [7, 11) is 1.83. The molecular formula is C12H16N4. The van der Waals surface area contributed by atoms with Crippen molar-refractivity contribution in [3.63, 3.8) is 0 Å². The SMILES string of the molecule is CC(C#N)CN(C)C(N)=Nc1ccccc1. The van der Waals surface area contributed by atoms with Crippen LogP contribution in [0.5, 0.6) is 0 Å². The fourth-order valence-electron chi connectivity index (χ4n) is 1.27. The molecule has 1 aromatic rings. The van der Waals surface area contributed by atoms with E-state index in [9.17, 15) is 0 Å². The molecule has 4 heteroatoms. The number of rotatable bonds is 3. The number of hydrogen-bond donors (Lipinski definition) is 1. The zero-order chi connectivity index (χ0) is 12.0. The number of guanidine groups is 1. The van der Waals surface area contributed by atoms with E-state index in [0.29, 0.717) is 12.5 Å². The molecule has 0 aliphatic carbocycles. The Morgan fingerprint density at radius 1 is 1.50 bits per heavy atom. The Hall–Kier alpha value is -2.02. The van der Waals surface area contributed by atoms with E-state index in [2.05, 4.69) is 11.1 Å². The predicted octanol–water partition coefficient (Wildman–Crippen LogP) is 1.72. The molecule has 0 saturated carbocycles. The molecule has 0 bridgehead atoms. The molecule has 0 fully saturated rings. The smallest absolute Gasteiger partial charge is 0.196 e. The van der Waals surface area contributed by atoms with Crippen molar-refractivity contribution in [3.8, 4) is 6.07 Å². The Labute approximate surface area is 96.0 Å². The first-order chi connectivity index (χ1) is 7.63. The highest BCUT2D eigenvalue weighted by Gasteiger charge is 2.06. The van der Waals surface area contributed by atoms with Gasteiger partial charge in [-0.1, -0.05) is 18.2 Å². The molecule has 0 saturated heterocycles. The minimum atomic E-state index is -0.0606. The summed E-state index contributed by atoms with van der Waals surface area (Å²) in [5.74, 6) is 0.364. The fourth-order valence-corrected chi connectivity index (χ4v) is 1.27. The van der Waals surface area contributed by atoms with Gasteiger partial charge in [0, 0.05) is 13.6 Å². The summed E-state index contributed by atoms with van der Waals surface area (Å²) in [6.45, 7) is 2.44. The van der Waals surface area contributed by atoms with E-state index < -0.39 is 0 Å². The Balaban J connectivity index is 2.67. The van der Waals surface area contributed by atoms with E-state index in [-0.39, 0.29) is 5.92 Å². The molecular weight excluding hydrogens is 200 g/mol. The quantitative estimate of drug-likeness (QED) is 0.618. The average Bonchev–Trinajstić information content (AvgIpc) is 2.30. The normalized spacial score (nSPS) is 12.9. The second kappa shape index (κ2) is 5.76. The number of para-hydroxylation sites is 1. The van der Waals surface area contributed by atoms with Crippen molar-refractivity contribution in [2.24, 2.45) is 16.6 Å². The maximum absolute atomic E-state index is 8.70. The summed E-state index contributed by atoms with van der Waals surface area (Å²) in [6, 6.07) is 11.7. The second-order valence-corrected chi connectivity index (χ2v) is 3.72. The van der Waals surface area contributed by atoms with E-state index in [4.69, 9.17) is 11.0 Å². The van der Waals surface area contributed by atoms with Gasteiger partial charge in [-0.05, 0) is 19.1 Å². The number of nitriles is 1. The van der Waals surface area contributed by atoms with Crippen molar-refractivity contribution < 1.29 is 0 Å². The Morgan fingerprint density at radius 3 is 2.69 bits per heavy atom. The van der Waals surface area contributed by atoms with E-state index in [0.717, 1.165) is 5.69 Å². The van der Waals surface area contributed by atoms with Gasteiger partial charge in [-0.3, -0.25) is 0 Å². The van der Waals surface area contributed by atoms with Crippen LogP contribution in [0.15, 0.2) is 35.3 Å². The highest BCUT2D eigenvalue weighted by molar-refractivity contribution is 5.80. The van der Waals surface area contributed by atoms with E-state index in [1.807, 2.05) is 44.3 Å². The summed E-state index contributed by atoms with van der Waals surface area (Å²) >= 11 is 0. The van der Waals surface area contributed by atoms with Crippen LogP contribution in [0.25, 0.3) is 0 Å². The monoisotopic (exact) mass is 216 g/mol. The van der Waals surface area contributed by atoms with E-state index in [1.165, 1.54) is 0 Å². The Morgan fingerprint density at radius 2 is 2.12 bits per heavy atom. The van der Waals surface area contributed by atoms with Crippen LogP contribution in [-0.4, -0.2) is 24.5 Å². The van der Waals surface area contributed by atoms with Crippen LogP contribution in [0.2, 0.25) is 0 Å². The van der Waals surface area contributed by atoms with Gasteiger partial charge in [0.1, 0.15) is 0 Å². The molecule has 0 spiro atoms. The summed E-state index contributed by atoms with van der Waals surface area (Å²) in [5.41, 5.74) is 6.63. The molecule has 2 N–H and O–H groups in total. The summed E-state index contributed by atoms with van der Waals surface area (Å²) in [4.78, 5) is 6.04. The highest BCUT2D eigenvalue weighted by Crippen LogP contribution is 2.10. The Kier molecular flexibility index (Phi) is 4.34. The van der Waals surface area contributed by atoms with Crippen LogP contribution in [0.3, 0.4) is 0 Å². The molecule has 84 valence electrons. The molecule has 0 amide bonds. The lowest BCUT2D eigenvalue weighted by atomic mass is 10.2. The number of nitrogens with zero attached hydrogens (tertiary/aromatic N) is 3. The van der Waals surface area contributed by atoms with E-state index in [1.54, 1.807) is 4.90 Å². The predicted molar refractivity (Wildman–Crippen MR) is 65.1 cm³/mol. The van der Waals surface area contributed by atoms with Gasteiger partial charge < -0.3 is 10.6 Å². The van der Waals surface area contributed by atoms with Crippen molar-refractivity contribution in [3.05, 3.63) is 30.3 Å². The first-order valence-electron chi connectivity index (χ1n) is 5.13. The molecule has 0 aliphatic heterocycles. The number of hydrogen-bond acceptors (Lipinski definition) is 2. The van der Waals surface area contributed by atoms with Gasteiger partial charge in [-0.25, -0.2) is 4.99 Å². The highest BCUT2D eigenvalue weighted by atomic mass is 15.2. The molecule has 0 radical (unpaired) electrons. The lowest BCUT2D eigenvalue weighted by Gasteiger charge is -2.18. The third-order valence-corrected chi connectivity index (χ3v) is 2.16. The van der Waals surface area contributed by atoms with E-state index >= 15 is 0 Å². The number of nitrogens with two attached hydrogens (primary N) is 1. The molecule has 1 rings (SSSR count). The summed E-state index contributed by atoms with van der Waals surface area (Å²) in [5, 5.41) is 8.70. The van der Waals surface area contributed by atoms with Crippen LogP contribution in [0.4, 0.5) is 5.69 Å². The number of aliphatic imine (C=N–C) groups is 1. The van der Waals surface area contributed by atoms with Gasteiger partial charge in [0.25, 0.3) is 0 Å². The maximum Gasteiger partial charge on any atom is 0.196 e. The minimum absolute atomic E-state index is 0.0606. The van der Waals surface area contributed by atoms with Gasteiger partial charge in [-0.15, -0.1) is 0 Å². The minimum Gasteiger partial charge on any atom is -0.369 e.